The summed E-state index contributed by atoms with van der Waals surface area (Å²) in [6, 6.07) is 13.6. The van der Waals surface area contributed by atoms with Gasteiger partial charge in [0, 0.05) is 6.54 Å². The van der Waals surface area contributed by atoms with Crippen molar-refractivity contribution in [2.75, 3.05) is 13.2 Å². The maximum absolute atomic E-state index is 12.4. The van der Waals surface area contributed by atoms with E-state index >= 15 is 0 Å². The van der Waals surface area contributed by atoms with Gasteiger partial charge in [0.15, 0.2) is 6.61 Å². The van der Waals surface area contributed by atoms with Crippen molar-refractivity contribution < 1.29 is 19.2 Å². The lowest BCUT2D eigenvalue weighted by atomic mass is 10.2. The van der Waals surface area contributed by atoms with E-state index in [4.69, 9.17) is 9.57 Å². The van der Waals surface area contributed by atoms with Crippen LogP contribution >= 0.6 is 0 Å². The number of fused-ring (bicyclic) bond motifs is 1. The van der Waals surface area contributed by atoms with Crippen molar-refractivity contribution in [3.63, 3.8) is 0 Å². The highest BCUT2D eigenvalue weighted by molar-refractivity contribution is 5.90. The molecule has 1 N–H and O–H groups in total. The lowest BCUT2D eigenvalue weighted by molar-refractivity contribution is -0.123. The first kappa shape index (κ1) is 18.4. The predicted octanol–water partition coefficient (Wildman–Crippen LogP) is 1.85. The molecule has 2 aromatic carbocycles. The quantitative estimate of drug-likeness (QED) is 0.640. The molecular weight excluding hydrogens is 348 g/mol. The zero-order valence-corrected chi connectivity index (χ0v) is 15.1. The van der Waals surface area contributed by atoms with E-state index in [0.717, 1.165) is 4.85 Å². The Bertz CT molecular complexity index is 952. The summed E-state index contributed by atoms with van der Waals surface area (Å²) >= 11 is 0. The van der Waals surface area contributed by atoms with E-state index in [9.17, 15) is 9.59 Å². The molecule has 0 fully saturated rings. The molecule has 0 saturated carbocycles. The van der Waals surface area contributed by atoms with Crippen LogP contribution in [0.4, 0.5) is 0 Å². The number of hydrogen-bond acceptors (Lipinski definition) is 6. The standard InChI is InChI=1S/C19H20N4O4/c1-13(2)11-20-18(24)12-26-15-7-5-6-14(10-15)19(25)27-23-17-9-4-3-8-16(17)21-22-23/h3-10,13H,11-12H2,1-2H3,(H,20,24). The van der Waals surface area contributed by atoms with Crippen LogP contribution < -0.4 is 14.9 Å². The van der Waals surface area contributed by atoms with Crippen molar-refractivity contribution >= 4 is 22.9 Å². The largest absolute Gasteiger partial charge is 0.484 e. The van der Waals surface area contributed by atoms with Gasteiger partial charge in [-0.15, -0.1) is 5.10 Å². The molecule has 0 saturated heterocycles. The molecule has 1 amide bonds. The van der Waals surface area contributed by atoms with Gasteiger partial charge in [0.05, 0.1) is 5.56 Å². The van der Waals surface area contributed by atoms with Crippen molar-refractivity contribution in [3.05, 3.63) is 54.1 Å². The Labute approximate surface area is 156 Å². The molecule has 0 bridgehead atoms. The van der Waals surface area contributed by atoms with Crippen LogP contribution in [-0.4, -0.2) is 40.2 Å². The summed E-state index contributed by atoms with van der Waals surface area (Å²) in [5.74, 6) is -0.0707. The molecule has 0 unspecified atom stereocenters. The van der Waals surface area contributed by atoms with Gasteiger partial charge in [0.2, 0.25) is 0 Å². The molecule has 0 radical (unpaired) electrons. The summed E-state index contributed by atoms with van der Waals surface area (Å²) in [5, 5.41) is 10.5. The number of carbonyl (C=O) groups excluding carboxylic acids is 2. The van der Waals surface area contributed by atoms with E-state index in [1.54, 1.807) is 36.4 Å². The molecule has 27 heavy (non-hydrogen) atoms. The second-order valence-electron chi connectivity index (χ2n) is 6.34. The smallest absolute Gasteiger partial charge is 0.365 e. The summed E-state index contributed by atoms with van der Waals surface area (Å²) in [5.41, 5.74) is 1.48. The van der Waals surface area contributed by atoms with E-state index in [1.807, 2.05) is 19.9 Å². The molecule has 1 heterocycles. The van der Waals surface area contributed by atoms with E-state index in [1.165, 1.54) is 6.07 Å². The minimum absolute atomic E-state index is 0.126. The molecule has 140 valence electrons. The molecule has 8 nitrogen and oxygen atoms in total. The molecule has 3 aromatic rings. The summed E-state index contributed by atoms with van der Waals surface area (Å²) < 4.78 is 5.44. The number of amides is 1. The Morgan fingerprint density at radius 2 is 1.96 bits per heavy atom. The van der Waals surface area contributed by atoms with Crippen LogP contribution in [0.1, 0.15) is 24.2 Å². The van der Waals surface area contributed by atoms with Crippen LogP contribution in [0.3, 0.4) is 0 Å². The number of para-hydroxylation sites is 1. The highest BCUT2D eigenvalue weighted by Crippen LogP contribution is 2.14. The fourth-order valence-electron chi connectivity index (χ4n) is 2.28. The Morgan fingerprint density at radius 1 is 1.15 bits per heavy atom. The van der Waals surface area contributed by atoms with Gasteiger partial charge in [-0.2, -0.15) is 0 Å². The molecular formula is C19H20N4O4. The summed E-state index contributed by atoms with van der Waals surface area (Å²) in [6.45, 7) is 4.47. The van der Waals surface area contributed by atoms with Gasteiger partial charge in [-0.25, -0.2) is 4.79 Å². The minimum Gasteiger partial charge on any atom is -0.484 e. The normalized spacial score (nSPS) is 10.8. The Kier molecular flexibility index (Phi) is 5.65. The first-order valence-electron chi connectivity index (χ1n) is 8.55. The molecule has 0 spiro atoms. The Balaban J connectivity index is 1.62. The number of ether oxygens (including phenoxy) is 1. The van der Waals surface area contributed by atoms with E-state index in [0.29, 0.717) is 29.2 Å². The number of hydrogen-bond donors (Lipinski definition) is 1. The average Bonchev–Trinajstić information content (AvgIpc) is 3.08. The lowest BCUT2D eigenvalue weighted by Crippen LogP contribution is -2.31. The molecule has 8 heteroatoms. The van der Waals surface area contributed by atoms with Crippen molar-refractivity contribution in [1.82, 2.24) is 20.5 Å². The van der Waals surface area contributed by atoms with Crippen molar-refractivity contribution in [2.24, 2.45) is 5.92 Å². The first-order valence-corrected chi connectivity index (χ1v) is 8.55. The third-order valence-corrected chi connectivity index (χ3v) is 3.64. The zero-order chi connectivity index (χ0) is 19.2. The summed E-state index contributed by atoms with van der Waals surface area (Å²) in [7, 11) is 0. The number of aromatic nitrogens is 3. The molecule has 1 aromatic heterocycles. The molecule has 0 aliphatic rings. The van der Waals surface area contributed by atoms with Crippen LogP contribution in [0.2, 0.25) is 0 Å². The Morgan fingerprint density at radius 3 is 2.78 bits per heavy atom. The highest BCUT2D eigenvalue weighted by Gasteiger charge is 2.13. The Hall–Kier alpha value is -3.42. The SMILES string of the molecule is CC(C)CNC(=O)COc1cccc(C(=O)On2nnc3ccccc32)c1. The predicted molar refractivity (Wildman–Crippen MR) is 98.2 cm³/mol. The van der Waals surface area contributed by atoms with Crippen molar-refractivity contribution in [2.45, 2.75) is 13.8 Å². The third-order valence-electron chi connectivity index (χ3n) is 3.64. The van der Waals surface area contributed by atoms with Gasteiger partial charge in [0.1, 0.15) is 16.8 Å². The van der Waals surface area contributed by atoms with Crippen LogP contribution in [0.25, 0.3) is 11.0 Å². The zero-order valence-electron chi connectivity index (χ0n) is 15.1. The number of rotatable bonds is 7. The van der Waals surface area contributed by atoms with Gasteiger partial charge in [-0.3, -0.25) is 4.79 Å². The number of nitrogens with one attached hydrogen (secondary N) is 1. The summed E-state index contributed by atoms with van der Waals surface area (Å²) in [4.78, 5) is 30.4. The fourth-order valence-corrected chi connectivity index (χ4v) is 2.28. The second-order valence-corrected chi connectivity index (χ2v) is 6.34. The van der Waals surface area contributed by atoms with Crippen LogP contribution in [-0.2, 0) is 4.79 Å². The average molecular weight is 368 g/mol. The lowest BCUT2D eigenvalue weighted by Gasteiger charge is -2.10. The third kappa shape index (κ3) is 4.81. The van der Waals surface area contributed by atoms with Crippen LogP contribution in [0.5, 0.6) is 5.75 Å². The van der Waals surface area contributed by atoms with Gasteiger partial charge in [-0.05, 0) is 41.5 Å². The topological polar surface area (TPSA) is 95.3 Å². The monoisotopic (exact) mass is 368 g/mol. The van der Waals surface area contributed by atoms with Crippen LogP contribution in [0, 0.1) is 5.92 Å². The van der Waals surface area contributed by atoms with Gasteiger partial charge in [0.25, 0.3) is 5.91 Å². The molecule has 0 aliphatic carbocycles. The summed E-state index contributed by atoms with van der Waals surface area (Å²) in [6.07, 6.45) is 0. The number of carbonyl (C=O) groups is 2. The van der Waals surface area contributed by atoms with E-state index < -0.39 is 5.97 Å². The highest BCUT2D eigenvalue weighted by atomic mass is 16.7. The van der Waals surface area contributed by atoms with Crippen LogP contribution in [0.15, 0.2) is 48.5 Å². The maximum atomic E-state index is 12.4. The molecule has 0 aliphatic heterocycles. The van der Waals surface area contributed by atoms with Gasteiger partial charge in [-0.1, -0.05) is 36.9 Å². The molecule has 3 rings (SSSR count). The maximum Gasteiger partial charge on any atom is 0.365 e. The van der Waals surface area contributed by atoms with E-state index in [-0.39, 0.29) is 18.1 Å². The van der Waals surface area contributed by atoms with Gasteiger partial charge >= 0.3 is 5.97 Å². The second kappa shape index (κ2) is 8.31. The number of benzene rings is 2. The van der Waals surface area contributed by atoms with Crippen molar-refractivity contribution in [3.8, 4) is 5.75 Å². The molecule has 0 atom stereocenters. The first-order chi connectivity index (χ1) is 13.0. The van der Waals surface area contributed by atoms with Crippen molar-refractivity contribution in [1.29, 1.82) is 0 Å². The fraction of sp³-hybridized carbons (Fsp3) is 0.263. The van der Waals surface area contributed by atoms with Gasteiger partial charge < -0.3 is 14.9 Å². The number of nitrogens with zero attached hydrogens (tertiary/aromatic N) is 3. The minimum atomic E-state index is -0.611. The van der Waals surface area contributed by atoms with E-state index in [2.05, 4.69) is 15.6 Å².